The van der Waals surface area contributed by atoms with E-state index in [1.807, 2.05) is 36.4 Å². The third-order valence-electron chi connectivity index (χ3n) is 4.40. The van der Waals surface area contributed by atoms with Gasteiger partial charge in [0.25, 0.3) is 5.56 Å². The van der Waals surface area contributed by atoms with E-state index in [0.29, 0.717) is 23.7 Å². The molecule has 3 rings (SSSR count). The minimum Gasteiger partial charge on any atom is -0.473 e. The topological polar surface area (TPSA) is 117 Å². The second kappa shape index (κ2) is 9.50. The molecule has 0 aliphatic carbocycles. The van der Waals surface area contributed by atoms with E-state index in [1.165, 1.54) is 0 Å². The van der Waals surface area contributed by atoms with Crippen LogP contribution in [0.25, 0.3) is 0 Å². The van der Waals surface area contributed by atoms with Crippen LogP contribution >= 0.6 is 0 Å². The molecule has 150 valence electrons. The van der Waals surface area contributed by atoms with Gasteiger partial charge in [0.05, 0.1) is 0 Å². The molecule has 0 atom stereocenters. The summed E-state index contributed by atoms with van der Waals surface area (Å²) in [6.07, 6.45) is 1.99. The number of pyridine rings is 1. The summed E-state index contributed by atoms with van der Waals surface area (Å²) in [7, 11) is 0. The van der Waals surface area contributed by atoms with Gasteiger partial charge in [-0.2, -0.15) is 0 Å². The van der Waals surface area contributed by atoms with E-state index in [2.05, 4.69) is 20.3 Å². The standard InChI is InChI=1S/C21H22N4O4/c1-14-17(19(27)25-21(28)24-14)9-10-18(26)23-12-16-8-5-11-22-20(16)29-13-15-6-3-2-4-7-15/h2-8,11H,9-10,12-13H2,1H3,(H,23,26)(H2,24,25,27,28). The number of nitrogens with zero attached hydrogens (tertiary/aromatic N) is 1. The van der Waals surface area contributed by atoms with Crippen molar-refractivity contribution >= 4 is 5.91 Å². The second-order valence-corrected chi connectivity index (χ2v) is 6.53. The van der Waals surface area contributed by atoms with Crippen molar-refractivity contribution in [3.8, 4) is 5.88 Å². The number of aryl methyl sites for hydroxylation is 1. The number of ether oxygens (including phenoxy) is 1. The molecule has 29 heavy (non-hydrogen) atoms. The lowest BCUT2D eigenvalue weighted by atomic mass is 10.1. The van der Waals surface area contributed by atoms with E-state index in [9.17, 15) is 14.4 Å². The first-order valence-corrected chi connectivity index (χ1v) is 9.22. The van der Waals surface area contributed by atoms with Crippen LogP contribution in [0.1, 0.15) is 28.8 Å². The van der Waals surface area contributed by atoms with E-state index in [1.54, 1.807) is 19.2 Å². The van der Waals surface area contributed by atoms with Crippen LogP contribution in [0, 0.1) is 6.92 Å². The predicted molar refractivity (Wildman–Crippen MR) is 108 cm³/mol. The molecule has 3 N–H and O–H groups in total. The molecule has 0 aliphatic rings. The number of carbonyl (C=O) groups excluding carboxylic acids is 1. The fourth-order valence-corrected chi connectivity index (χ4v) is 2.86. The zero-order valence-corrected chi connectivity index (χ0v) is 16.0. The number of hydrogen-bond donors (Lipinski definition) is 3. The van der Waals surface area contributed by atoms with Crippen molar-refractivity contribution in [2.24, 2.45) is 0 Å². The van der Waals surface area contributed by atoms with Crippen molar-refractivity contribution in [1.82, 2.24) is 20.3 Å². The lowest BCUT2D eigenvalue weighted by Gasteiger charge is -2.11. The van der Waals surface area contributed by atoms with Crippen molar-refractivity contribution in [2.75, 3.05) is 0 Å². The Balaban J connectivity index is 1.55. The lowest BCUT2D eigenvalue weighted by molar-refractivity contribution is -0.121. The Morgan fingerprint density at radius 1 is 1.10 bits per heavy atom. The largest absolute Gasteiger partial charge is 0.473 e. The van der Waals surface area contributed by atoms with Gasteiger partial charge in [-0.25, -0.2) is 9.78 Å². The molecule has 0 aliphatic heterocycles. The van der Waals surface area contributed by atoms with Crippen LogP contribution < -0.4 is 21.3 Å². The Hall–Kier alpha value is -3.68. The van der Waals surface area contributed by atoms with E-state index < -0.39 is 11.2 Å². The van der Waals surface area contributed by atoms with Crippen LogP contribution in [-0.4, -0.2) is 20.9 Å². The molecule has 8 heteroatoms. The third kappa shape index (κ3) is 5.65. The summed E-state index contributed by atoms with van der Waals surface area (Å²) in [5.74, 6) is 0.248. The number of rotatable bonds is 8. The van der Waals surface area contributed by atoms with Crippen molar-refractivity contribution < 1.29 is 9.53 Å². The lowest BCUT2D eigenvalue weighted by Crippen LogP contribution is -2.29. The van der Waals surface area contributed by atoms with Gasteiger partial charge in [0.1, 0.15) is 6.61 Å². The van der Waals surface area contributed by atoms with E-state index in [4.69, 9.17) is 4.74 Å². The first-order chi connectivity index (χ1) is 14.0. The quantitative estimate of drug-likeness (QED) is 0.536. The van der Waals surface area contributed by atoms with Gasteiger partial charge in [0.15, 0.2) is 0 Å². The van der Waals surface area contributed by atoms with Crippen LogP contribution in [-0.2, 0) is 24.4 Å². The van der Waals surface area contributed by atoms with E-state index in [0.717, 1.165) is 11.1 Å². The number of carbonyl (C=O) groups is 1. The highest BCUT2D eigenvalue weighted by Crippen LogP contribution is 2.16. The van der Waals surface area contributed by atoms with Crippen LogP contribution in [0.3, 0.4) is 0 Å². The van der Waals surface area contributed by atoms with Crippen molar-refractivity contribution in [2.45, 2.75) is 32.9 Å². The number of aromatic nitrogens is 3. The molecular formula is C21H22N4O4. The summed E-state index contributed by atoms with van der Waals surface area (Å²) in [5, 5.41) is 2.81. The molecule has 8 nitrogen and oxygen atoms in total. The van der Waals surface area contributed by atoms with Gasteiger partial charge in [-0.15, -0.1) is 0 Å². The summed E-state index contributed by atoms with van der Waals surface area (Å²) in [6, 6.07) is 13.4. The van der Waals surface area contributed by atoms with Gasteiger partial charge in [0, 0.05) is 36.0 Å². The summed E-state index contributed by atoms with van der Waals surface area (Å²) >= 11 is 0. The zero-order valence-electron chi connectivity index (χ0n) is 16.0. The molecule has 2 aromatic heterocycles. The van der Waals surface area contributed by atoms with Gasteiger partial charge < -0.3 is 15.0 Å². The monoisotopic (exact) mass is 394 g/mol. The van der Waals surface area contributed by atoms with Gasteiger partial charge in [-0.3, -0.25) is 14.6 Å². The van der Waals surface area contributed by atoms with Gasteiger partial charge in [-0.1, -0.05) is 36.4 Å². The average molecular weight is 394 g/mol. The second-order valence-electron chi connectivity index (χ2n) is 6.53. The Morgan fingerprint density at radius 3 is 2.66 bits per heavy atom. The Morgan fingerprint density at radius 2 is 1.90 bits per heavy atom. The van der Waals surface area contributed by atoms with E-state index in [-0.39, 0.29) is 25.3 Å². The van der Waals surface area contributed by atoms with E-state index >= 15 is 0 Å². The van der Waals surface area contributed by atoms with Gasteiger partial charge in [-0.05, 0) is 25.0 Å². The van der Waals surface area contributed by atoms with Crippen molar-refractivity contribution in [3.05, 3.63) is 91.9 Å². The maximum atomic E-state index is 12.2. The molecule has 1 amide bonds. The smallest absolute Gasteiger partial charge is 0.325 e. The SMILES string of the molecule is Cc1[nH]c(=O)[nH]c(=O)c1CCC(=O)NCc1cccnc1OCc1ccccc1. The Kier molecular flexibility index (Phi) is 6.57. The Labute approximate surface area is 167 Å². The molecule has 3 aromatic rings. The Bertz CT molecular complexity index is 1090. The number of hydrogen-bond acceptors (Lipinski definition) is 5. The number of aromatic amines is 2. The maximum Gasteiger partial charge on any atom is 0.325 e. The molecule has 0 saturated heterocycles. The highest BCUT2D eigenvalue weighted by atomic mass is 16.5. The molecule has 1 aromatic carbocycles. The minimum atomic E-state index is -0.555. The highest BCUT2D eigenvalue weighted by molar-refractivity contribution is 5.76. The van der Waals surface area contributed by atoms with Gasteiger partial charge in [0.2, 0.25) is 11.8 Å². The molecule has 0 unspecified atom stereocenters. The maximum absolute atomic E-state index is 12.2. The summed E-state index contributed by atoms with van der Waals surface area (Å²) in [4.78, 5) is 44.2. The molecule has 0 bridgehead atoms. The first-order valence-electron chi connectivity index (χ1n) is 9.22. The number of amides is 1. The van der Waals surface area contributed by atoms with Crippen LogP contribution in [0.2, 0.25) is 0 Å². The molecular weight excluding hydrogens is 372 g/mol. The highest BCUT2D eigenvalue weighted by Gasteiger charge is 2.11. The fourth-order valence-electron chi connectivity index (χ4n) is 2.86. The summed E-state index contributed by atoms with van der Waals surface area (Å²) in [5.41, 5.74) is 1.62. The number of benzene rings is 1. The molecule has 0 fully saturated rings. The van der Waals surface area contributed by atoms with Crippen LogP contribution in [0.15, 0.2) is 58.3 Å². The molecule has 2 heterocycles. The summed E-state index contributed by atoms with van der Waals surface area (Å²) in [6.45, 7) is 2.28. The zero-order chi connectivity index (χ0) is 20.6. The molecule has 0 spiro atoms. The number of H-pyrrole nitrogens is 2. The normalized spacial score (nSPS) is 10.5. The first kappa shape index (κ1) is 20.1. The van der Waals surface area contributed by atoms with Crippen LogP contribution in [0.4, 0.5) is 0 Å². The predicted octanol–water partition coefficient (Wildman–Crippen LogP) is 1.59. The third-order valence-corrected chi connectivity index (χ3v) is 4.40. The van der Waals surface area contributed by atoms with Crippen molar-refractivity contribution in [1.29, 1.82) is 0 Å². The minimum absolute atomic E-state index is 0.121. The van der Waals surface area contributed by atoms with Crippen LogP contribution in [0.5, 0.6) is 5.88 Å². The summed E-state index contributed by atoms with van der Waals surface area (Å²) < 4.78 is 5.79. The molecule has 0 saturated carbocycles. The van der Waals surface area contributed by atoms with Gasteiger partial charge >= 0.3 is 5.69 Å². The number of nitrogens with one attached hydrogen (secondary N) is 3. The van der Waals surface area contributed by atoms with Crippen molar-refractivity contribution in [3.63, 3.8) is 0 Å². The fraction of sp³-hybridized carbons (Fsp3) is 0.238. The average Bonchev–Trinajstić information content (AvgIpc) is 2.71. The molecule has 0 radical (unpaired) electrons.